The van der Waals surface area contributed by atoms with Crippen LogP contribution in [0.25, 0.3) is 0 Å². The Labute approximate surface area is 137 Å². The molecule has 0 bridgehead atoms. The summed E-state index contributed by atoms with van der Waals surface area (Å²) in [6.45, 7) is 4.08. The average Bonchev–Trinajstić information content (AvgIpc) is 2.46. The Balaban J connectivity index is 2.25. The van der Waals surface area contributed by atoms with Gasteiger partial charge in [-0.25, -0.2) is 8.42 Å². The molecule has 0 aliphatic heterocycles. The minimum Gasteiger partial charge on any atom is -0.379 e. The summed E-state index contributed by atoms with van der Waals surface area (Å²) in [5.41, 5.74) is 1.08. The average molecular weight is 354 g/mol. The van der Waals surface area contributed by atoms with Crippen molar-refractivity contribution < 1.29 is 21.0 Å². The van der Waals surface area contributed by atoms with Gasteiger partial charge in [-0.05, 0) is 47.9 Å². The summed E-state index contributed by atoms with van der Waals surface area (Å²) < 4.78 is 52.3. The third kappa shape index (κ3) is 4.33. The van der Waals surface area contributed by atoms with Gasteiger partial charge in [-0.1, -0.05) is 26.0 Å². The van der Waals surface area contributed by atoms with Crippen LogP contribution in [-0.2, 0) is 20.0 Å². The van der Waals surface area contributed by atoms with E-state index in [4.69, 9.17) is 4.18 Å². The molecule has 124 valence electrons. The molecule has 0 unspecified atom stereocenters. The van der Waals surface area contributed by atoms with Crippen LogP contribution in [0.3, 0.4) is 0 Å². The van der Waals surface area contributed by atoms with Gasteiger partial charge in [0.05, 0.1) is 4.90 Å². The fourth-order valence-corrected chi connectivity index (χ4v) is 3.50. The molecular formula is C16H18O5S2. The molecule has 2 rings (SSSR count). The molecule has 0 spiro atoms. The standard InChI is InChI=1S/C16H18O5S2/c1-12(2)13-4-6-14(7-5-13)21-23(19,20)16-10-8-15(9-11-16)22(3,17)18/h4-12H,1-3H3. The monoisotopic (exact) mass is 354 g/mol. The second-order valence-corrected chi connectivity index (χ2v) is 9.07. The van der Waals surface area contributed by atoms with E-state index in [2.05, 4.69) is 0 Å². The largest absolute Gasteiger partial charge is 0.379 e. The smallest absolute Gasteiger partial charge is 0.339 e. The van der Waals surface area contributed by atoms with Gasteiger partial charge in [-0.2, -0.15) is 8.42 Å². The van der Waals surface area contributed by atoms with Crippen molar-refractivity contribution in [1.29, 1.82) is 0 Å². The third-order valence-electron chi connectivity index (χ3n) is 3.29. The zero-order valence-corrected chi connectivity index (χ0v) is 14.7. The molecule has 7 heteroatoms. The van der Waals surface area contributed by atoms with Crippen molar-refractivity contribution in [3.05, 3.63) is 54.1 Å². The van der Waals surface area contributed by atoms with Crippen molar-refractivity contribution in [3.63, 3.8) is 0 Å². The maximum absolute atomic E-state index is 12.2. The first kappa shape index (κ1) is 17.5. The van der Waals surface area contributed by atoms with Crippen molar-refractivity contribution in [2.75, 3.05) is 6.26 Å². The fourth-order valence-electron chi connectivity index (χ4n) is 1.94. The first-order chi connectivity index (χ1) is 10.6. The molecule has 0 atom stereocenters. The van der Waals surface area contributed by atoms with Crippen LogP contribution in [0.2, 0.25) is 0 Å². The minimum absolute atomic E-state index is 0.0535. The molecule has 2 aromatic rings. The maximum atomic E-state index is 12.2. The molecule has 0 radical (unpaired) electrons. The number of hydrogen-bond donors (Lipinski definition) is 0. The van der Waals surface area contributed by atoms with Crippen molar-refractivity contribution in [1.82, 2.24) is 0 Å². The van der Waals surface area contributed by atoms with Crippen LogP contribution < -0.4 is 4.18 Å². The second-order valence-electron chi connectivity index (χ2n) is 5.50. The van der Waals surface area contributed by atoms with Crippen molar-refractivity contribution in [2.45, 2.75) is 29.6 Å². The zero-order chi connectivity index (χ0) is 17.3. The highest BCUT2D eigenvalue weighted by atomic mass is 32.2. The van der Waals surface area contributed by atoms with Crippen LogP contribution in [0.15, 0.2) is 58.3 Å². The molecule has 0 aliphatic rings. The Hall–Kier alpha value is -1.86. The van der Waals surface area contributed by atoms with Crippen molar-refractivity contribution >= 4 is 20.0 Å². The summed E-state index contributed by atoms with van der Waals surface area (Å²) in [5, 5.41) is 0. The van der Waals surface area contributed by atoms with Gasteiger partial charge < -0.3 is 4.18 Å². The highest BCUT2D eigenvalue weighted by Crippen LogP contribution is 2.22. The van der Waals surface area contributed by atoms with E-state index >= 15 is 0 Å². The van der Waals surface area contributed by atoms with E-state index in [-0.39, 0.29) is 15.5 Å². The van der Waals surface area contributed by atoms with Gasteiger partial charge in [0, 0.05) is 6.26 Å². The van der Waals surface area contributed by atoms with Crippen LogP contribution >= 0.6 is 0 Å². The predicted octanol–water partition coefficient (Wildman–Crippen LogP) is 2.98. The number of hydrogen-bond acceptors (Lipinski definition) is 5. The summed E-state index contributed by atoms with van der Waals surface area (Å²) >= 11 is 0. The lowest BCUT2D eigenvalue weighted by Gasteiger charge is -2.09. The SMILES string of the molecule is CC(C)c1ccc(OS(=O)(=O)c2ccc(S(C)(=O)=O)cc2)cc1. The van der Waals surface area contributed by atoms with Gasteiger partial charge in [0.1, 0.15) is 10.6 Å². The predicted molar refractivity (Wildman–Crippen MR) is 87.9 cm³/mol. The summed E-state index contributed by atoms with van der Waals surface area (Å²) in [6.07, 6.45) is 1.06. The van der Waals surface area contributed by atoms with Crippen LogP contribution in [0.4, 0.5) is 0 Å². The van der Waals surface area contributed by atoms with E-state index in [1.807, 2.05) is 26.0 Å². The molecule has 0 fully saturated rings. The molecule has 0 N–H and O–H groups in total. The molecule has 0 aliphatic carbocycles. The van der Waals surface area contributed by atoms with Crippen molar-refractivity contribution in [2.24, 2.45) is 0 Å². The lowest BCUT2D eigenvalue weighted by atomic mass is 10.0. The molecule has 5 nitrogen and oxygen atoms in total. The van der Waals surface area contributed by atoms with E-state index in [1.165, 1.54) is 24.3 Å². The summed E-state index contributed by atoms with van der Waals surface area (Å²) in [6, 6.07) is 11.7. The van der Waals surface area contributed by atoms with Gasteiger partial charge in [-0.3, -0.25) is 0 Å². The lowest BCUT2D eigenvalue weighted by molar-refractivity contribution is 0.485. The lowest BCUT2D eigenvalue weighted by Crippen LogP contribution is -2.10. The summed E-state index contributed by atoms with van der Waals surface area (Å²) in [5.74, 6) is 0.547. The molecule has 0 aromatic heterocycles. The second kappa shape index (κ2) is 6.33. The summed E-state index contributed by atoms with van der Waals surface area (Å²) in [7, 11) is -7.38. The summed E-state index contributed by atoms with van der Waals surface area (Å²) in [4.78, 5) is -0.0458. The van der Waals surface area contributed by atoms with E-state index in [9.17, 15) is 16.8 Å². The topological polar surface area (TPSA) is 77.5 Å². The Morgan fingerprint density at radius 2 is 1.26 bits per heavy atom. The van der Waals surface area contributed by atoms with Crippen LogP contribution in [0.5, 0.6) is 5.75 Å². The van der Waals surface area contributed by atoms with E-state index < -0.39 is 20.0 Å². The van der Waals surface area contributed by atoms with Gasteiger partial charge in [-0.15, -0.1) is 0 Å². The van der Waals surface area contributed by atoms with E-state index in [1.54, 1.807) is 12.1 Å². The fraction of sp³-hybridized carbons (Fsp3) is 0.250. The molecular weight excluding hydrogens is 336 g/mol. The van der Waals surface area contributed by atoms with Gasteiger partial charge in [0.25, 0.3) is 0 Å². The van der Waals surface area contributed by atoms with Crippen LogP contribution in [-0.4, -0.2) is 23.1 Å². The van der Waals surface area contributed by atoms with Gasteiger partial charge in [0.2, 0.25) is 0 Å². The van der Waals surface area contributed by atoms with Crippen LogP contribution in [0.1, 0.15) is 25.3 Å². The number of rotatable bonds is 5. The minimum atomic E-state index is -4.00. The molecule has 0 saturated heterocycles. The Morgan fingerprint density at radius 3 is 1.70 bits per heavy atom. The van der Waals surface area contributed by atoms with Crippen molar-refractivity contribution in [3.8, 4) is 5.75 Å². The molecule has 0 saturated carbocycles. The Morgan fingerprint density at radius 1 is 0.783 bits per heavy atom. The third-order valence-corrected chi connectivity index (χ3v) is 5.68. The first-order valence-corrected chi connectivity index (χ1v) is 10.2. The first-order valence-electron chi connectivity index (χ1n) is 6.94. The molecule has 0 amide bonds. The van der Waals surface area contributed by atoms with Gasteiger partial charge >= 0.3 is 10.1 Å². The quantitative estimate of drug-likeness (QED) is 0.772. The highest BCUT2D eigenvalue weighted by Gasteiger charge is 2.18. The Kier molecular flexibility index (Phi) is 4.81. The van der Waals surface area contributed by atoms with Gasteiger partial charge in [0.15, 0.2) is 9.84 Å². The Bertz CT molecular complexity index is 878. The van der Waals surface area contributed by atoms with Crippen LogP contribution in [0, 0.1) is 0 Å². The van der Waals surface area contributed by atoms with E-state index in [0.29, 0.717) is 5.92 Å². The number of benzene rings is 2. The zero-order valence-electron chi connectivity index (χ0n) is 13.1. The molecule has 2 aromatic carbocycles. The maximum Gasteiger partial charge on any atom is 0.339 e. The molecule has 23 heavy (non-hydrogen) atoms. The number of sulfone groups is 1. The van der Waals surface area contributed by atoms with E-state index in [0.717, 1.165) is 11.8 Å². The molecule has 0 heterocycles. The normalized spacial score (nSPS) is 12.3. The highest BCUT2D eigenvalue weighted by molar-refractivity contribution is 7.90.